The van der Waals surface area contributed by atoms with Gasteiger partial charge in [-0.1, -0.05) is 48.5 Å². The lowest BCUT2D eigenvalue weighted by Crippen LogP contribution is -2.38. The molecule has 0 atom stereocenters. The molecule has 0 unspecified atom stereocenters. The van der Waals surface area contributed by atoms with Crippen molar-refractivity contribution in [3.05, 3.63) is 109 Å². The van der Waals surface area contributed by atoms with Gasteiger partial charge in [-0.15, -0.1) is 0 Å². The Hall–Kier alpha value is -5.38. The molecule has 0 saturated carbocycles. The lowest BCUT2D eigenvalue weighted by molar-refractivity contribution is 0.155. The van der Waals surface area contributed by atoms with Crippen molar-refractivity contribution < 1.29 is 33.7 Å². The van der Waals surface area contributed by atoms with Gasteiger partial charge in [-0.2, -0.15) is 4.90 Å². The molecule has 3 amide bonds. The van der Waals surface area contributed by atoms with Crippen molar-refractivity contribution in [2.75, 3.05) is 10.2 Å². The number of anilines is 2. The highest BCUT2D eigenvalue weighted by Gasteiger charge is 2.27. The topological polar surface area (TPSA) is 127 Å². The molecule has 0 radical (unpaired) electrons. The van der Waals surface area contributed by atoms with Crippen LogP contribution in [-0.2, 0) is 11.3 Å². The molecule has 4 aromatic rings. The zero-order chi connectivity index (χ0) is 26.0. The number of rotatable bonds is 7. The molecule has 10 nitrogen and oxygen atoms in total. The van der Waals surface area contributed by atoms with Crippen LogP contribution >= 0.6 is 0 Å². The second kappa shape index (κ2) is 11.8. The number of nitrogens with zero attached hydrogens (tertiary/aromatic N) is 2. The third-order valence-corrected chi connectivity index (χ3v) is 4.82. The molecule has 1 aromatic heterocycles. The van der Waals surface area contributed by atoms with Crippen molar-refractivity contribution in [2.24, 2.45) is 0 Å². The van der Waals surface area contributed by atoms with Crippen molar-refractivity contribution in [1.29, 1.82) is 0 Å². The number of aromatic nitrogens is 1. The third-order valence-electron chi connectivity index (χ3n) is 4.82. The highest BCUT2D eigenvalue weighted by atomic mass is 16.6. The lowest BCUT2D eigenvalue weighted by Gasteiger charge is -2.16. The molecule has 3 aromatic carbocycles. The van der Waals surface area contributed by atoms with Crippen LogP contribution in [0.2, 0.25) is 0 Å². The van der Waals surface area contributed by atoms with Gasteiger partial charge in [0.15, 0.2) is 5.82 Å². The number of benzene rings is 3. The Morgan fingerprint density at radius 1 is 0.811 bits per heavy atom. The van der Waals surface area contributed by atoms with Gasteiger partial charge in [0.05, 0.1) is 0 Å². The first-order chi connectivity index (χ1) is 18.0. The van der Waals surface area contributed by atoms with Crippen molar-refractivity contribution in [3.63, 3.8) is 0 Å². The number of imide groups is 1. The van der Waals surface area contributed by atoms with E-state index in [-0.39, 0.29) is 23.9 Å². The Morgan fingerprint density at radius 2 is 1.49 bits per heavy atom. The molecule has 2 N–H and O–H groups in total. The van der Waals surface area contributed by atoms with Gasteiger partial charge in [0.1, 0.15) is 23.9 Å². The van der Waals surface area contributed by atoms with Crippen LogP contribution in [0, 0.1) is 0 Å². The van der Waals surface area contributed by atoms with Crippen LogP contribution in [0.5, 0.6) is 17.2 Å². The van der Waals surface area contributed by atoms with E-state index in [2.05, 4.69) is 10.3 Å². The zero-order valence-electron chi connectivity index (χ0n) is 19.3. The van der Waals surface area contributed by atoms with Gasteiger partial charge < -0.3 is 19.3 Å². The van der Waals surface area contributed by atoms with Crippen LogP contribution in [0.3, 0.4) is 0 Å². The van der Waals surface area contributed by atoms with E-state index in [1.54, 1.807) is 42.5 Å². The first-order valence-electron chi connectivity index (χ1n) is 11.0. The molecule has 0 aliphatic heterocycles. The second-order valence-corrected chi connectivity index (χ2v) is 7.46. The summed E-state index contributed by atoms with van der Waals surface area (Å²) in [6, 6.07) is 26.6. The summed E-state index contributed by atoms with van der Waals surface area (Å²) in [6.45, 7) is 0.143. The highest BCUT2D eigenvalue weighted by Crippen LogP contribution is 2.26. The Balaban J connectivity index is 1.37. The number of carbonyl (C=O) groups is 3. The maximum absolute atomic E-state index is 12.5. The first kappa shape index (κ1) is 24.7. The molecular formula is C27H21N3O7. The molecule has 186 valence electrons. The van der Waals surface area contributed by atoms with Gasteiger partial charge in [0.25, 0.3) is 0 Å². The molecule has 10 heteroatoms. The molecule has 0 saturated heterocycles. The van der Waals surface area contributed by atoms with Crippen molar-refractivity contribution in [3.8, 4) is 17.2 Å². The normalized spacial score (nSPS) is 10.2. The van der Waals surface area contributed by atoms with Gasteiger partial charge in [0, 0.05) is 18.0 Å². The van der Waals surface area contributed by atoms with Gasteiger partial charge in [-0.3, -0.25) is 5.32 Å². The van der Waals surface area contributed by atoms with E-state index in [9.17, 15) is 19.5 Å². The number of carboxylic acid groups (broad SMARTS) is 1. The summed E-state index contributed by atoms with van der Waals surface area (Å²) in [5, 5.41) is 12.2. The zero-order valence-corrected chi connectivity index (χ0v) is 19.3. The number of amides is 3. The lowest BCUT2D eigenvalue weighted by atomic mass is 10.2. The van der Waals surface area contributed by atoms with E-state index in [4.69, 9.17) is 14.2 Å². The minimum Gasteiger partial charge on any atom is -0.464 e. The maximum atomic E-state index is 12.5. The van der Waals surface area contributed by atoms with Crippen LogP contribution in [-0.4, -0.2) is 28.4 Å². The average Bonchev–Trinajstić information content (AvgIpc) is 2.90. The fourth-order valence-corrected chi connectivity index (χ4v) is 3.11. The smallest absolute Gasteiger partial charge is 0.430 e. The molecule has 0 spiro atoms. The molecule has 0 aliphatic carbocycles. The number of nitrogens with one attached hydrogen (secondary N) is 1. The minimum absolute atomic E-state index is 0.143. The monoisotopic (exact) mass is 499 g/mol. The summed E-state index contributed by atoms with van der Waals surface area (Å²) >= 11 is 0. The fraction of sp³-hybridized carbons (Fsp3) is 0.0370. The molecule has 0 aliphatic rings. The van der Waals surface area contributed by atoms with Gasteiger partial charge >= 0.3 is 18.3 Å². The van der Waals surface area contributed by atoms with Crippen LogP contribution in [0.4, 0.5) is 25.9 Å². The van der Waals surface area contributed by atoms with Gasteiger partial charge in [0.2, 0.25) is 0 Å². The number of hydrogen-bond acceptors (Lipinski definition) is 7. The SMILES string of the molecule is O=C(Nc1ccc(Oc2ccnc(N(C(=O)O)C(=O)Oc3ccccc3)c2)cc1)OCc1ccccc1. The Labute approximate surface area is 211 Å². The number of carbonyl (C=O) groups excluding carboxylic acids is 2. The summed E-state index contributed by atoms with van der Waals surface area (Å²) in [7, 11) is 0. The van der Waals surface area contributed by atoms with Crippen LogP contribution < -0.4 is 19.7 Å². The second-order valence-electron chi connectivity index (χ2n) is 7.46. The summed E-state index contributed by atoms with van der Waals surface area (Å²) in [5.41, 5.74) is 1.36. The summed E-state index contributed by atoms with van der Waals surface area (Å²) in [5.74, 6) is 0.606. The Morgan fingerprint density at radius 3 is 2.16 bits per heavy atom. The summed E-state index contributed by atoms with van der Waals surface area (Å²) in [4.78, 5) is 40.6. The summed E-state index contributed by atoms with van der Waals surface area (Å²) < 4.78 is 16.1. The molecule has 4 rings (SSSR count). The molecule has 37 heavy (non-hydrogen) atoms. The highest BCUT2D eigenvalue weighted by molar-refractivity contribution is 6.08. The van der Waals surface area contributed by atoms with Gasteiger partial charge in [-0.05, 0) is 48.0 Å². The quantitative estimate of drug-likeness (QED) is 0.303. The molecule has 1 heterocycles. The van der Waals surface area contributed by atoms with Crippen LogP contribution in [0.25, 0.3) is 0 Å². The van der Waals surface area contributed by atoms with Crippen molar-refractivity contribution >= 4 is 29.8 Å². The van der Waals surface area contributed by atoms with Crippen molar-refractivity contribution in [2.45, 2.75) is 6.61 Å². The van der Waals surface area contributed by atoms with Gasteiger partial charge in [-0.25, -0.2) is 19.4 Å². The minimum atomic E-state index is -1.57. The maximum Gasteiger partial charge on any atom is 0.430 e. The molecular weight excluding hydrogens is 478 g/mol. The van der Waals surface area contributed by atoms with E-state index in [0.29, 0.717) is 16.3 Å². The predicted octanol–water partition coefficient (Wildman–Crippen LogP) is 6.31. The van der Waals surface area contributed by atoms with E-state index < -0.39 is 18.3 Å². The van der Waals surface area contributed by atoms with E-state index in [1.165, 1.54) is 30.5 Å². The average molecular weight is 499 g/mol. The Bertz CT molecular complexity index is 1360. The summed E-state index contributed by atoms with van der Waals surface area (Å²) in [6.07, 6.45) is -2.01. The van der Waals surface area contributed by atoms with Crippen LogP contribution in [0.15, 0.2) is 103 Å². The standard InChI is InChI=1S/C27H21N3O7/c31-25(35-18-19-7-3-1-4-8-19)29-20-11-13-22(14-12-20)36-23-15-16-28-24(17-23)30(26(32)33)27(34)37-21-9-5-2-6-10-21/h1-17H,18H2,(H,29,31)(H,32,33). The molecule has 0 bridgehead atoms. The van der Waals surface area contributed by atoms with Crippen LogP contribution in [0.1, 0.15) is 5.56 Å². The van der Waals surface area contributed by atoms with E-state index >= 15 is 0 Å². The first-order valence-corrected chi connectivity index (χ1v) is 11.0. The predicted molar refractivity (Wildman–Crippen MR) is 134 cm³/mol. The van der Waals surface area contributed by atoms with Crippen molar-refractivity contribution in [1.82, 2.24) is 4.98 Å². The molecule has 0 fully saturated rings. The largest absolute Gasteiger partial charge is 0.464 e. The van der Waals surface area contributed by atoms with E-state index in [1.807, 2.05) is 30.3 Å². The number of ether oxygens (including phenoxy) is 3. The van der Waals surface area contributed by atoms with E-state index in [0.717, 1.165) is 5.56 Å². The Kier molecular flexibility index (Phi) is 7.92. The third kappa shape index (κ3) is 7.06. The number of hydrogen-bond donors (Lipinski definition) is 2. The fourth-order valence-electron chi connectivity index (χ4n) is 3.11. The number of para-hydroxylation sites is 1. The number of pyridine rings is 1.